The Balaban J connectivity index is 1.89. The van der Waals surface area contributed by atoms with Gasteiger partial charge in [-0.25, -0.2) is 4.39 Å². The fourth-order valence-electron chi connectivity index (χ4n) is 1.77. The largest absolute Gasteiger partial charge is 0.298 e. The number of non-ortho nitro benzene ring substituents is 1. The smallest absolute Gasteiger partial charge is 0.269 e. The molecule has 0 unspecified atom stereocenters. The number of halogens is 1. The fourth-order valence-corrected chi connectivity index (χ4v) is 1.91. The van der Waals surface area contributed by atoms with E-state index in [4.69, 9.17) is 12.2 Å². The summed E-state index contributed by atoms with van der Waals surface area (Å²) >= 11 is 4.83. The minimum atomic E-state index is -0.778. The zero-order chi connectivity index (χ0) is 18.4. The third kappa shape index (κ3) is 4.78. The van der Waals surface area contributed by atoms with Gasteiger partial charge in [-0.2, -0.15) is 0 Å². The number of benzene rings is 2. The SMILES string of the molecule is O=C(NNC(=S)NC(=O)c1ccccc1F)c1ccc([N+](=O)[O-])cc1. The van der Waals surface area contributed by atoms with E-state index in [1.807, 2.05) is 0 Å². The van der Waals surface area contributed by atoms with Crippen molar-refractivity contribution >= 4 is 34.8 Å². The van der Waals surface area contributed by atoms with Gasteiger partial charge in [0.2, 0.25) is 0 Å². The van der Waals surface area contributed by atoms with E-state index in [0.29, 0.717) is 0 Å². The Morgan fingerprint density at radius 1 is 1.00 bits per heavy atom. The van der Waals surface area contributed by atoms with Gasteiger partial charge in [0.1, 0.15) is 5.82 Å². The number of nitrogens with one attached hydrogen (secondary N) is 3. The van der Waals surface area contributed by atoms with Crippen molar-refractivity contribution in [2.75, 3.05) is 0 Å². The van der Waals surface area contributed by atoms with Crippen LogP contribution in [0.4, 0.5) is 10.1 Å². The molecule has 0 saturated carbocycles. The minimum absolute atomic E-state index is 0.140. The molecule has 0 aliphatic carbocycles. The fraction of sp³-hybridized carbons (Fsp3) is 0. The number of carbonyl (C=O) groups is 2. The van der Waals surface area contributed by atoms with Crippen LogP contribution in [0, 0.1) is 15.9 Å². The van der Waals surface area contributed by atoms with Gasteiger partial charge >= 0.3 is 0 Å². The molecule has 0 saturated heterocycles. The lowest BCUT2D eigenvalue weighted by atomic mass is 10.2. The van der Waals surface area contributed by atoms with Crippen LogP contribution < -0.4 is 16.2 Å². The Hall–Kier alpha value is -3.40. The monoisotopic (exact) mass is 362 g/mol. The number of nitrogens with zero attached hydrogens (tertiary/aromatic N) is 1. The maximum atomic E-state index is 13.5. The summed E-state index contributed by atoms with van der Waals surface area (Å²) in [6.07, 6.45) is 0. The number of rotatable bonds is 3. The number of hydrogen-bond acceptors (Lipinski definition) is 5. The first-order valence-corrected chi connectivity index (χ1v) is 7.20. The number of nitro groups is 1. The summed E-state index contributed by atoms with van der Waals surface area (Å²) in [5.41, 5.74) is 4.28. The first kappa shape index (κ1) is 17.9. The molecule has 0 aromatic heterocycles. The topological polar surface area (TPSA) is 113 Å². The highest BCUT2D eigenvalue weighted by molar-refractivity contribution is 7.80. The molecule has 0 aliphatic heterocycles. The molecular weight excluding hydrogens is 351 g/mol. The van der Waals surface area contributed by atoms with Crippen molar-refractivity contribution in [3.63, 3.8) is 0 Å². The number of thiocarbonyl (C=S) groups is 1. The lowest BCUT2D eigenvalue weighted by Crippen LogP contribution is -2.48. The molecule has 3 N–H and O–H groups in total. The van der Waals surface area contributed by atoms with E-state index in [-0.39, 0.29) is 21.9 Å². The lowest BCUT2D eigenvalue weighted by Gasteiger charge is -2.11. The highest BCUT2D eigenvalue weighted by atomic mass is 32.1. The standard InChI is InChI=1S/C15H11FN4O4S/c16-12-4-2-1-3-11(12)14(22)17-15(25)19-18-13(21)9-5-7-10(8-6-9)20(23)24/h1-8H,(H,18,21)(H2,17,19,22,25). The van der Waals surface area contributed by atoms with E-state index < -0.39 is 22.6 Å². The van der Waals surface area contributed by atoms with Gasteiger partial charge in [-0.3, -0.25) is 35.9 Å². The van der Waals surface area contributed by atoms with Crippen molar-refractivity contribution in [3.05, 3.63) is 75.6 Å². The van der Waals surface area contributed by atoms with Gasteiger partial charge in [0, 0.05) is 17.7 Å². The predicted octanol–water partition coefficient (Wildman–Crippen LogP) is 1.68. The van der Waals surface area contributed by atoms with Crippen molar-refractivity contribution in [2.45, 2.75) is 0 Å². The third-order valence-electron chi connectivity index (χ3n) is 2.98. The Morgan fingerprint density at radius 3 is 2.24 bits per heavy atom. The van der Waals surface area contributed by atoms with Crippen LogP contribution in [0.25, 0.3) is 0 Å². The van der Waals surface area contributed by atoms with Gasteiger partial charge < -0.3 is 0 Å². The number of hydrazine groups is 1. The molecule has 0 bridgehead atoms. The second kappa shape index (κ2) is 7.93. The quantitative estimate of drug-likeness (QED) is 0.435. The molecule has 2 aromatic rings. The first-order chi connectivity index (χ1) is 11.9. The average Bonchev–Trinajstić information content (AvgIpc) is 2.60. The zero-order valence-corrected chi connectivity index (χ0v) is 13.3. The van der Waals surface area contributed by atoms with Crippen LogP contribution in [0.3, 0.4) is 0 Å². The van der Waals surface area contributed by atoms with Gasteiger partial charge in [0.25, 0.3) is 17.5 Å². The molecule has 2 amide bonds. The van der Waals surface area contributed by atoms with Crippen LogP contribution in [0.2, 0.25) is 0 Å². The molecule has 0 aliphatic rings. The van der Waals surface area contributed by atoms with E-state index in [2.05, 4.69) is 16.2 Å². The van der Waals surface area contributed by atoms with Gasteiger partial charge in [-0.05, 0) is 36.5 Å². The second-order valence-electron chi connectivity index (χ2n) is 4.65. The molecule has 25 heavy (non-hydrogen) atoms. The van der Waals surface area contributed by atoms with Crippen LogP contribution in [0.15, 0.2) is 48.5 Å². The summed E-state index contributed by atoms with van der Waals surface area (Å²) in [6.45, 7) is 0. The van der Waals surface area contributed by atoms with Gasteiger partial charge in [-0.1, -0.05) is 12.1 Å². The molecule has 0 fully saturated rings. The van der Waals surface area contributed by atoms with Crippen LogP contribution in [-0.4, -0.2) is 21.9 Å². The maximum absolute atomic E-state index is 13.5. The summed E-state index contributed by atoms with van der Waals surface area (Å²) in [4.78, 5) is 33.7. The molecule has 0 spiro atoms. The Labute approximate surface area is 146 Å². The summed E-state index contributed by atoms with van der Waals surface area (Å²) in [7, 11) is 0. The Morgan fingerprint density at radius 2 is 1.64 bits per heavy atom. The number of carbonyl (C=O) groups excluding carboxylic acids is 2. The molecule has 2 aromatic carbocycles. The highest BCUT2D eigenvalue weighted by Gasteiger charge is 2.13. The summed E-state index contributed by atoms with van der Waals surface area (Å²) in [5.74, 6) is -2.12. The third-order valence-corrected chi connectivity index (χ3v) is 3.18. The minimum Gasteiger partial charge on any atom is -0.298 e. The predicted molar refractivity (Wildman–Crippen MR) is 90.2 cm³/mol. The molecule has 2 rings (SSSR count). The van der Waals surface area contributed by atoms with Crippen molar-refractivity contribution in [1.29, 1.82) is 0 Å². The molecule has 0 atom stereocenters. The number of nitro benzene ring substituents is 1. The van der Waals surface area contributed by atoms with Crippen LogP contribution in [0.5, 0.6) is 0 Å². The molecule has 10 heteroatoms. The van der Waals surface area contributed by atoms with Crippen molar-refractivity contribution in [1.82, 2.24) is 16.2 Å². The Kier molecular flexibility index (Phi) is 5.69. The zero-order valence-electron chi connectivity index (χ0n) is 12.5. The van der Waals surface area contributed by atoms with E-state index in [1.165, 1.54) is 42.5 Å². The van der Waals surface area contributed by atoms with Crippen molar-refractivity contribution < 1.29 is 18.9 Å². The van der Waals surface area contributed by atoms with Crippen molar-refractivity contribution in [3.8, 4) is 0 Å². The maximum Gasteiger partial charge on any atom is 0.269 e. The van der Waals surface area contributed by atoms with Crippen molar-refractivity contribution in [2.24, 2.45) is 0 Å². The second-order valence-corrected chi connectivity index (χ2v) is 5.05. The summed E-state index contributed by atoms with van der Waals surface area (Å²) in [6, 6.07) is 10.2. The van der Waals surface area contributed by atoms with E-state index in [1.54, 1.807) is 0 Å². The van der Waals surface area contributed by atoms with E-state index in [9.17, 15) is 24.1 Å². The first-order valence-electron chi connectivity index (χ1n) is 6.79. The molecule has 128 valence electrons. The van der Waals surface area contributed by atoms with E-state index >= 15 is 0 Å². The molecular formula is C15H11FN4O4S. The molecule has 0 radical (unpaired) electrons. The van der Waals surface area contributed by atoms with Crippen LogP contribution in [-0.2, 0) is 0 Å². The van der Waals surface area contributed by atoms with Gasteiger partial charge in [0.15, 0.2) is 5.11 Å². The molecule has 0 heterocycles. The van der Waals surface area contributed by atoms with Crippen LogP contribution in [0.1, 0.15) is 20.7 Å². The normalized spacial score (nSPS) is 9.80. The highest BCUT2D eigenvalue weighted by Crippen LogP contribution is 2.11. The average molecular weight is 362 g/mol. The summed E-state index contributed by atoms with van der Waals surface area (Å²) < 4.78 is 13.5. The van der Waals surface area contributed by atoms with E-state index in [0.717, 1.165) is 6.07 Å². The number of amides is 2. The summed E-state index contributed by atoms with van der Waals surface area (Å²) in [5, 5.41) is 12.5. The van der Waals surface area contributed by atoms with Gasteiger partial charge in [-0.15, -0.1) is 0 Å². The molecule has 8 nitrogen and oxygen atoms in total. The van der Waals surface area contributed by atoms with Gasteiger partial charge in [0.05, 0.1) is 10.5 Å². The van der Waals surface area contributed by atoms with Crippen LogP contribution >= 0.6 is 12.2 Å². The number of hydrogen-bond donors (Lipinski definition) is 3. The Bertz CT molecular complexity index is 842. The lowest BCUT2D eigenvalue weighted by molar-refractivity contribution is -0.384.